The number of hydrogen-bond donors (Lipinski definition) is 3. The van der Waals surface area contributed by atoms with Crippen LogP contribution in [0.2, 0.25) is 0 Å². The standard InChI is InChI=1S/C23H31N3O4S/c1-5-24-22(27)19-8-6-7-18(14-19)15-25-23(28)21(13-16(2)3)26-31(29,30)20-11-9-17(4)10-12-20/h6-12,14,16,21,26H,5,13,15H2,1-4H3,(H,24,27)(H,25,28). The summed E-state index contributed by atoms with van der Waals surface area (Å²) in [4.78, 5) is 24.9. The molecule has 2 aromatic rings. The van der Waals surface area contributed by atoms with E-state index in [1.54, 1.807) is 36.4 Å². The third-order valence-corrected chi connectivity index (χ3v) is 6.13. The van der Waals surface area contributed by atoms with Crippen molar-refractivity contribution in [3.63, 3.8) is 0 Å². The average Bonchev–Trinajstić information content (AvgIpc) is 2.71. The molecule has 0 radical (unpaired) electrons. The molecule has 2 aromatic carbocycles. The quantitative estimate of drug-likeness (QED) is 0.523. The number of rotatable bonds is 10. The highest BCUT2D eigenvalue weighted by atomic mass is 32.2. The average molecular weight is 446 g/mol. The lowest BCUT2D eigenvalue weighted by Gasteiger charge is -2.20. The first kappa shape index (κ1) is 24.6. The van der Waals surface area contributed by atoms with E-state index in [1.807, 2.05) is 27.7 Å². The van der Waals surface area contributed by atoms with Crippen LogP contribution in [0.25, 0.3) is 0 Å². The van der Waals surface area contributed by atoms with Crippen LogP contribution in [0.5, 0.6) is 0 Å². The van der Waals surface area contributed by atoms with Crippen molar-refractivity contribution < 1.29 is 18.0 Å². The van der Waals surface area contributed by atoms with Crippen molar-refractivity contribution in [2.45, 2.75) is 51.6 Å². The highest BCUT2D eigenvalue weighted by Crippen LogP contribution is 2.14. The monoisotopic (exact) mass is 445 g/mol. The number of sulfonamides is 1. The van der Waals surface area contributed by atoms with Gasteiger partial charge in [0.25, 0.3) is 5.91 Å². The molecule has 0 spiro atoms. The van der Waals surface area contributed by atoms with Gasteiger partial charge in [0.1, 0.15) is 6.04 Å². The summed E-state index contributed by atoms with van der Waals surface area (Å²) >= 11 is 0. The van der Waals surface area contributed by atoms with Crippen LogP contribution < -0.4 is 15.4 Å². The molecular formula is C23H31N3O4S. The SMILES string of the molecule is CCNC(=O)c1cccc(CNC(=O)C(CC(C)C)NS(=O)(=O)c2ccc(C)cc2)c1. The number of carbonyl (C=O) groups is 2. The number of hydrogen-bond acceptors (Lipinski definition) is 4. The molecule has 31 heavy (non-hydrogen) atoms. The lowest BCUT2D eigenvalue weighted by atomic mass is 10.0. The zero-order valence-electron chi connectivity index (χ0n) is 18.4. The van der Waals surface area contributed by atoms with Gasteiger partial charge in [-0.15, -0.1) is 0 Å². The lowest BCUT2D eigenvalue weighted by molar-refractivity contribution is -0.123. The predicted octanol–water partition coefficient (Wildman–Crippen LogP) is 2.75. The van der Waals surface area contributed by atoms with Gasteiger partial charge >= 0.3 is 0 Å². The first-order valence-corrected chi connectivity index (χ1v) is 11.8. The van der Waals surface area contributed by atoms with Crippen LogP contribution in [-0.2, 0) is 21.4 Å². The fourth-order valence-electron chi connectivity index (χ4n) is 3.05. The fraction of sp³-hybridized carbons (Fsp3) is 0.391. The lowest BCUT2D eigenvalue weighted by Crippen LogP contribution is -2.47. The Balaban J connectivity index is 2.10. The van der Waals surface area contributed by atoms with Crippen LogP contribution in [-0.4, -0.2) is 32.8 Å². The van der Waals surface area contributed by atoms with E-state index in [9.17, 15) is 18.0 Å². The molecular weight excluding hydrogens is 414 g/mol. The topological polar surface area (TPSA) is 104 Å². The van der Waals surface area contributed by atoms with E-state index in [4.69, 9.17) is 0 Å². The third kappa shape index (κ3) is 7.48. The Morgan fingerprint density at radius 2 is 1.68 bits per heavy atom. The van der Waals surface area contributed by atoms with Gasteiger partial charge < -0.3 is 10.6 Å². The molecule has 0 aliphatic rings. The van der Waals surface area contributed by atoms with Gasteiger partial charge in [-0.3, -0.25) is 9.59 Å². The van der Waals surface area contributed by atoms with E-state index in [1.165, 1.54) is 12.1 Å². The molecule has 8 heteroatoms. The third-order valence-electron chi connectivity index (χ3n) is 4.65. The second-order valence-electron chi connectivity index (χ2n) is 7.89. The smallest absolute Gasteiger partial charge is 0.251 e. The van der Waals surface area contributed by atoms with Crippen molar-refractivity contribution >= 4 is 21.8 Å². The first-order chi connectivity index (χ1) is 14.6. The molecule has 0 bridgehead atoms. The van der Waals surface area contributed by atoms with E-state index >= 15 is 0 Å². The number of aryl methyl sites for hydroxylation is 1. The Labute approximate surface area is 184 Å². The summed E-state index contributed by atoms with van der Waals surface area (Å²) in [5, 5.41) is 5.52. The Hall–Kier alpha value is -2.71. The first-order valence-electron chi connectivity index (χ1n) is 10.4. The normalized spacial score (nSPS) is 12.4. The molecule has 0 saturated heterocycles. The molecule has 2 amide bonds. The second kappa shape index (κ2) is 11.1. The predicted molar refractivity (Wildman–Crippen MR) is 121 cm³/mol. The molecule has 0 heterocycles. The molecule has 2 rings (SSSR count). The van der Waals surface area contributed by atoms with Gasteiger partial charge in [0.2, 0.25) is 15.9 Å². The molecule has 0 saturated carbocycles. The highest BCUT2D eigenvalue weighted by molar-refractivity contribution is 7.89. The van der Waals surface area contributed by atoms with Crippen molar-refractivity contribution in [2.24, 2.45) is 5.92 Å². The van der Waals surface area contributed by atoms with E-state index in [0.29, 0.717) is 18.5 Å². The van der Waals surface area contributed by atoms with Gasteiger partial charge in [-0.05, 0) is 56.0 Å². The van der Waals surface area contributed by atoms with Gasteiger partial charge in [0.15, 0.2) is 0 Å². The summed E-state index contributed by atoms with van der Waals surface area (Å²) in [6.07, 6.45) is 0.357. The molecule has 0 fully saturated rings. The molecule has 1 atom stereocenters. The van der Waals surface area contributed by atoms with Crippen molar-refractivity contribution in [1.29, 1.82) is 0 Å². The summed E-state index contributed by atoms with van der Waals surface area (Å²) < 4.78 is 28.1. The summed E-state index contributed by atoms with van der Waals surface area (Å²) in [6.45, 7) is 8.28. The minimum absolute atomic E-state index is 0.109. The Bertz CT molecular complexity index is 1000. The van der Waals surface area contributed by atoms with Crippen molar-refractivity contribution in [3.8, 4) is 0 Å². The Morgan fingerprint density at radius 3 is 2.29 bits per heavy atom. The minimum Gasteiger partial charge on any atom is -0.352 e. The molecule has 0 aliphatic carbocycles. The summed E-state index contributed by atoms with van der Waals surface area (Å²) in [7, 11) is -3.84. The largest absolute Gasteiger partial charge is 0.352 e. The van der Waals surface area contributed by atoms with Gasteiger partial charge in [-0.2, -0.15) is 4.72 Å². The summed E-state index contributed by atoms with van der Waals surface area (Å²) in [6, 6.07) is 12.5. The maximum absolute atomic E-state index is 12.8. The van der Waals surface area contributed by atoms with E-state index in [2.05, 4.69) is 15.4 Å². The maximum atomic E-state index is 12.8. The van der Waals surface area contributed by atoms with E-state index in [-0.39, 0.29) is 23.3 Å². The van der Waals surface area contributed by atoms with Crippen LogP contribution in [0.15, 0.2) is 53.4 Å². The van der Waals surface area contributed by atoms with Gasteiger partial charge in [-0.1, -0.05) is 43.7 Å². The van der Waals surface area contributed by atoms with E-state index < -0.39 is 22.0 Å². The number of amides is 2. The number of carbonyl (C=O) groups excluding carboxylic acids is 2. The van der Waals surface area contributed by atoms with Crippen LogP contribution in [0.3, 0.4) is 0 Å². The second-order valence-corrected chi connectivity index (χ2v) is 9.61. The number of benzene rings is 2. The zero-order chi connectivity index (χ0) is 23.0. The van der Waals surface area contributed by atoms with Crippen LogP contribution >= 0.6 is 0 Å². The minimum atomic E-state index is -3.84. The van der Waals surface area contributed by atoms with Gasteiger partial charge in [-0.25, -0.2) is 8.42 Å². The molecule has 7 nitrogen and oxygen atoms in total. The fourth-order valence-corrected chi connectivity index (χ4v) is 4.26. The van der Waals surface area contributed by atoms with Crippen LogP contribution in [0.4, 0.5) is 0 Å². The van der Waals surface area contributed by atoms with Crippen LogP contribution in [0, 0.1) is 12.8 Å². The van der Waals surface area contributed by atoms with Crippen molar-refractivity contribution in [3.05, 3.63) is 65.2 Å². The van der Waals surface area contributed by atoms with E-state index in [0.717, 1.165) is 11.1 Å². The molecule has 168 valence electrons. The molecule has 0 aromatic heterocycles. The van der Waals surface area contributed by atoms with Gasteiger partial charge in [0.05, 0.1) is 4.90 Å². The van der Waals surface area contributed by atoms with Crippen molar-refractivity contribution in [2.75, 3.05) is 6.54 Å². The van der Waals surface area contributed by atoms with Crippen molar-refractivity contribution in [1.82, 2.24) is 15.4 Å². The summed E-state index contributed by atoms with van der Waals surface area (Å²) in [5.41, 5.74) is 2.21. The molecule has 0 aliphatic heterocycles. The molecule has 1 unspecified atom stereocenters. The van der Waals surface area contributed by atoms with Gasteiger partial charge in [0, 0.05) is 18.7 Å². The van der Waals surface area contributed by atoms with Crippen LogP contribution in [0.1, 0.15) is 48.7 Å². The number of nitrogens with one attached hydrogen (secondary N) is 3. The Morgan fingerprint density at radius 1 is 1.00 bits per heavy atom. The zero-order valence-corrected chi connectivity index (χ0v) is 19.3. The Kier molecular flexibility index (Phi) is 8.76. The maximum Gasteiger partial charge on any atom is 0.251 e. The highest BCUT2D eigenvalue weighted by Gasteiger charge is 2.26. The summed E-state index contributed by atoms with van der Waals surface area (Å²) in [5.74, 6) is -0.482. The molecule has 3 N–H and O–H groups in total.